The zero-order valence-corrected chi connectivity index (χ0v) is 23.5. The van der Waals surface area contributed by atoms with Crippen molar-refractivity contribution in [3.05, 3.63) is 144 Å². The summed E-state index contributed by atoms with van der Waals surface area (Å²) < 4.78 is 0. The molecule has 0 aliphatic heterocycles. The molecule has 0 radical (unpaired) electrons. The first kappa shape index (κ1) is 23.5. The molecule has 0 aromatic heterocycles. The van der Waals surface area contributed by atoms with Crippen LogP contribution in [0.3, 0.4) is 0 Å². The topological polar surface area (TPSA) is 0 Å². The van der Waals surface area contributed by atoms with Crippen molar-refractivity contribution in [3.63, 3.8) is 0 Å². The summed E-state index contributed by atoms with van der Waals surface area (Å²) in [5, 5.41) is 2.80. The highest BCUT2D eigenvalue weighted by molar-refractivity contribution is 6.12. The molecule has 0 heterocycles. The molecular formula is C40H32. The van der Waals surface area contributed by atoms with E-state index in [0.29, 0.717) is 0 Å². The molecule has 0 amide bonds. The van der Waals surface area contributed by atoms with Gasteiger partial charge in [0.05, 0.1) is 0 Å². The van der Waals surface area contributed by atoms with Crippen molar-refractivity contribution in [2.24, 2.45) is 0 Å². The largest absolute Gasteiger partial charge is 0.0622 e. The molecule has 0 unspecified atom stereocenters. The van der Waals surface area contributed by atoms with Crippen LogP contribution < -0.4 is 0 Å². The Morgan fingerprint density at radius 2 is 0.925 bits per heavy atom. The lowest BCUT2D eigenvalue weighted by Gasteiger charge is -2.36. The van der Waals surface area contributed by atoms with Crippen molar-refractivity contribution >= 4 is 10.8 Å². The fraction of sp³-hybridized carbons (Fsp3) is 0.150. The molecule has 8 rings (SSSR count). The van der Waals surface area contributed by atoms with Gasteiger partial charge in [-0.1, -0.05) is 131 Å². The van der Waals surface area contributed by atoms with E-state index in [2.05, 4.69) is 149 Å². The molecule has 0 N–H and O–H groups in total. The molecule has 0 bridgehead atoms. The van der Waals surface area contributed by atoms with E-state index in [0.717, 1.165) is 0 Å². The average molecular weight is 513 g/mol. The van der Waals surface area contributed by atoms with E-state index in [9.17, 15) is 0 Å². The molecule has 40 heavy (non-hydrogen) atoms. The van der Waals surface area contributed by atoms with E-state index in [1.807, 2.05) is 0 Å². The third kappa shape index (κ3) is 3.08. The number of benzene rings is 6. The Labute approximate surface area is 237 Å². The number of fused-ring (bicyclic) bond motifs is 6. The van der Waals surface area contributed by atoms with Gasteiger partial charge >= 0.3 is 0 Å². The summed E-state index contributed by atoms with van der Waals surface area (Å²) in [4.78, 5) is 0. The number of rotatable bonds is 2. The fourth-order valence-corrected chi connectivity index (χ4v) is 7.49. The van der Waals surface area contributed by atoms with Crippen molar-refractivity contribution in [1.29, 1.82) is 0 Å². The smallest absolute Gasteiger partial charge is 0.0159 e. The average Bonchev–Trinajstić information content (AvgIpc) is 3.22. The molecule has 6 aromatic rings. The first-order valence-corrected chi connectivity index (χ1v) is 14.4. The van der Waals surface area contributed by atoms with Gasteiger partial charge < -0.3 is 0 Å². The monoisotopic (exact) mass is 512 g/mol. The standard InChI is InChI=1S/C40H32/c1-39(2)33-17-11-16-31-37-30-21-19-28(26-14-9-6-10-15-26)23-35(30)40(3,4)36(37)24-32(38(31)33)29-20-18-27(22-34(29)39)25-12-7-5-8-13-25/h5-24H,1-4H3. The van der Waals surface area contributed by atoms with E-state index in [4.69, 9.17) is 0 Å². The molecule has 0 heteroatoms. The second kappa shape index (κ2) is 8.05. The summed E-state index contributed by atoms with van der Waals surface area (Å²) in [5.41, 5.74) is 16.2. The number of hydrogen-bond donors (Lipinski definition) is 0. The summed E-state index contributed by atoms with van der Waals surface area (Å²) in [7, 11) is 0. The lowest BCUT2D eigenvalue weighted by Crippen LogP contribution is -2.24. The van der Waals surface area contributed by atoms with Crippen molar-refractivity contribution in [1.82, 2.24) is 0 Å². The third-order valence-electron chi connectivity index (χ3n) is 9.67. The van der Waals surface area contributed by atoms with E-state index in [1.54, 1.807) is 0 Å². The van der Waals surface area contributed by atoms with E-state index < -0.39 is 0 Å². The van der Waals surface area contributed by atoms with Crippen LogP contribution >= 0.6 is 0 Å². The van der Waals surface area contributed by atoms with Crippen LogP contribution in [-0.4, -0.2) is 0 Å². The Hall–Kier alpha value is -4.42. The van der Waals surface area contributed by atoms with Gasteiger partial charge in [-0.3, -0.25) is 0 Å². The molecule has 0 spiro atoms. The summed E-state index contributed by atoms with van der Waals surface area (Å²) in [6.07, 6.45) is 0. The molecule has 0 saturated heterocycles. The second-order valence-electron chi connectivity index (χ2n) is 12.6. The molecule has 0 atom stereocenters. The third-order valence-corrected chi connectivity index (χ3v) is 9.67. The highest BCUT2D eigenvalue weighted by atomic mass is 14.4. The zero-order chi connectivity index (χ0) is 27.2. The van der Waals surface area contributed by atoms with Crippen LogP contribution in [0.5, 0.6) is 0 Å². The van der Waals surface area contributed by atoms with Gasteiger partial charge in [-0.2, -0.15) is 0 Å². The van der Waals surface area contributed by atoms with Gasteiger partial charge in [0, 0.05) is 10.8 Å². The Morgan fingerprint density at radius 1 is 0.375 bits per heavy atom. The van der Waals surface area contributed by atoms with Crippen LogP contribution in [0, 0.1) is 0 Å². The SMILES string of the molecule is CC1(C)c2cc(-c3ccccc3)ccc2-c2c1cc1c3c(cccc23)C(C)(C)c2cc(-c3ccccc3)ccc2-1. The predicted molar refractivity (Wildman–Crippen MR) is 170 cm³/mol. The highest BCUT2D eigenvalue weighted by Gasteiger charge is 2.41. The minimum atomic E-state index is -0.102. The van der Waals surface area contributed by atoms with E-state index in [-0.39, 0.29) is 10.8 Å². The van der Waals surface area contributed by atoms with Crippen LogP contribution in [0.15, 0.2) is 121 Å². The molecule has 2 aliphatic carbocycles. The van der Waals surface area contributed by atoms with Gasteiger partial charge in [-0.05, 0) is 95.7 Å². The molecular weight excluding hydrogens is 480 g/mol. The quantitative estimate of drug-likeness (QED) is 0.216. The van der Waals surface area contributed by atoms with Gasteiger partial charge in [0.1, 0.15) is 0 Å². The van der Waals surface area contributed by atoms with Gasteiger partial charge in [-0.15, -0.1) is 0 Å². The molecule has 6 aromatic carbocycles. The van der Waals surface area contributed by atoms with Gasteiger partial charge in [-0.25, -0.2) is 0 Å². The maximum Gasteiger partial charge on any atom is 0.0159 e. The maximum absolute atomic E-state index is 2.53. The van der Waals surface area contributed by atoms with Gasteiger partial charge in [0.25, 0.3) is 0 Å². The summed E-state index contributed by atoms with van der Waals surface area (Å²) >= 11 is 0. The van der Waals surface area contributed by atoms with Crippen LogP contribution in [0.4, 0.5) is 0 Å². The van der Waals surface area contributed by atoms with Crippen LogP contribution in [-0.2, 0) is 10.8 Å². The van der Waals surface area contributed by atoms with Crippen molar-refractivity contribution in [2.45, 2.75) is 38.5 Å². The minimum absolute atomic E-state index is 0.0900. The second-order valence-corrected chi connectivity index (χ2v) is 12.6. The Bertz CT molecular complexity index is 1970. The van der Waals surface area contributed by atoms with Crippen molar-refractivity contribution < 1.29 is 0 Å². The minimum Gasteiger partial charge on any atom is -0.0622 e. The molecule has 2 aliphatic rings. The Kier molecular flexibility index (Phi) is 4.73. The van der Waals surface area contributed by atoms with E-state index >= 15 is 0 Å². The normalized spacial score (nSPS) is 15.4. The lowest BCUT2D eigenvalue weighted by molar-refractivity contribution is 0.644. The highest BCUT2D eigenvalue weighted by Crippen LogP contribution is 2.57. The summed E-state index contributed by atoms with van der Waals surface area (Å²) in [6, 6.07) is 45.3. The van der Waals surface area contributed by atoms with Crippen LogP contribution in [0.25, 0.3) is 55.3 Å². The molecule has 192 valence electrons. The van der Waals surface area contributed by atoms with Gasteiger partial charge in [0.2, 0.25) is 0 Å². The zero-order valence-electron chi connectivity index (χ0n) is 23.5. The first-order valence-electron chi connectivity index (χ1n) is 14.4. The van der Waals surface area contributed by atoms with Crippen LogP contribution in [0.2, 0.25) is 0 Å². The van der Waals surface area contributed by atoms with Crippen LogP contribution in [0.1, 0.15) is 49.9 Å². The summed E-state index contributed by atoms with van der Waals surface area (Å²) in [6.45, 7) is 9.60. The molecule has 0 nitrogen and oxygen atoms in total. The predicted octanol–water partition coefficient (Wildman–Crippen LogP) is 10.8. The molecule has 0 saturated carbocycles. The lowest BCUT2D eigenvalue weighted by atomic mass is 9.67. The van der Waals surface area contributed by atoms with Gasteiger partial charge in [0.15, 0.2) is 0 Å². The van der Waals surface area contributed by atoms with E-state index in [1.165, 1.54) is 77.5 Å². The van der Waals surface area contributed by atoms with Crippen molar-refractivity contribution in [3.8, 4) is 44.5 Å². The Balaban J connectivity index is 1.40. The first-order chi connectivity index (χ1) is 19.4. The van der Waals surface area contributed by atoms with Crippen molar-refractivity contribution in [2.75, 3.05) is 0 Å². The fourth-order valence-electron chi connectivity index (χ4n) is 7.49. The Morgan fingerprint density at radius 3 is 1.55 bits per heavy atom. The molecule has 0 fully saturated rings. The maximum atomic E-state index is 2.53. The number of hydrogen-bond acceptors (Lipinski definition) is 0. The summed E-state index contributed by atoms with van der Waals surface area (Å²) in [5.74, 6) is 0.